The van der Waals surface area contributed by atoms with E-state index in [0.717, 1.165) is 43.1 Å². The predicted molar refractivity (Wildman–Crippen MR) is 113 cm³/mol. The van der Waals surface area contributed by atoms with Crippen molar-refractivity contribution < 1.29 is 12.9 Å². The fraction of sp³-hybridized carbons (Fsp3) is 0.500. The number of piperidine rings is 1. The minimum absolute atomic E-state index is 0.0355. The second-order valence-electron chi connectivity index (χ2n) is 7.58. The van der Waals surface area contributed by atoms with Crippen molar-refractivity contribution >= 4 is 32.5 Å². The SMILES string of the molecule is CC(C)c1noc(N2CCC(Nc3nc(-c4ccc(S(C)(=O)=O)nc4)ns3)CC2)n1. The maximum absolute atomic E-state index is 11.5. The summed E-state index contributed by atoms with van der Waals surface area (Å²) >= 11 is 1.28. The molecular weight excluding hydrogens is 426 g/mol. The Morgan fingerprint density at radius 1 is 1.23 bits per heavy atom. The molecule has 0 unspecified atom stereocenters. The van der Waals surface area contributed by atoms with Crippen LogP contribution < -0.4 is 10.2 Å². The average Bonchev–Trinajstić information content (AvgIpc) is 3.38. The van der Waals surface area contributed by atoms with Crippen molar-refractivity contribution in [1.29, 1.82) is 0 Å². The van der Waals surface area contributed by atoms with Crippen molar-refractivity contribution in [3.05, 3.63) is 24.2 Å². The number of hydrogen-bond donors (Lipinski definition) is 1. The smallest absolute Gasteiger partial charge is 0.324 e. The molecule has 1 aliphatic heterocycles. The van der Waals surface area contributed by atoms with E-state index in [0.29, 0.717) is 17.4 Å². The number of hydrogen-bond acceptors (Lipinski definition) is 11. The Balaban J connectivity index is 1.34. The van der Waals surface area contributed by atoms with Crippen LogP contribution in [0.3, 0.4) is 0 Å². The van der Waals surface area contributed by atoms with Gasteiger partial charge in [0.15, 0.2) is 26.5 Å². The number of aromatic nitrogens is 5. The lowest BCUT2D eigenvalue weighted by Crippen LogP contribution is -2.39. The van der Waals surface area contributed by atoms with Gasteiger partial charge in [0.1, 0.15) is 0 Å². The second kappa shape index (κ2) is 8.26. The van der Waals surface area contributed by atoms with Gasteiger partial charge in [0.2, 0.25) is 5.13 Å². The third kappa shape index (κ3) is 4.59. The zero-order chi connectivity index (χ0) is 21.3. The monoisotopic (exact) mass is 449 g/mol. The third-order valence-electron chi connectivity index (χ3n) is 4.84. The highest BCUT2D eigenvalue weighted by atomic mass is 32.2. The summed E-state index contributed by atoms with van der Waals surface area (Å²) in [4.78, 5) is 15.1. The van der Waals surface area contributed by atoms with Crippen molar-refractivity contribution in [1.82, 2.24) is 24.5 Å². The zero-order valence-corrected chi connectivity index (χ0v) is 18.6. The molecule has 0 aliphatic carbocycles. The molecule has 0 spiro atoms. The van der Waals surface area contributed by atoms with Crippen LogP contribution in [-0.4, -0.2) is 58.3 Å². The van der Waals surface area contributed by atoms with E-state index < -0.39 is 9.84 Å². The van der Waals surface area contributed by atoms with Crippen LogP contribution in [0.4, 0.5) is 11.1 Å². The van der Waals surface area contributed by atoms with Crippen LogP contribution in [0, 0.1) is 0 Å². The van der Waals surface area contributed by atoms with E-state index in [9.17, 15) is 8.42 Å². The molecule has 1 aliphatic rings. The molecule has 0 atom stereocenters. The fourth-order valence-electron chi connectivity index (χ4n) is 3.11. The first-order chi connectivity index (χ1) is 14.3. The van der Waals surface area contributed by atoms with Gasteiger partial charge in [-0.25, -0.2) is 13.4 Å². The van der Waals surface area contributed by atoms with Crippen molar-refractivity contribution in [2.45, 2.75) is 43.7 Å². The zero-order valence-electron chi connectivity index (χ0n) is 16.9. The Bertz CT molecular complexity index is 1100. The highest BCUT2D eigenvalue weighted by Crippen LogP contribution is 2.25. The number of sulfone groups is 1. The lowest BCUT2D eigenvalue weighted by molar-refractivity contribution is 0.390. The molecule has 0 aromatic carbocycles. The summed E-state index contributed by atoms with van der Waals surface area (Å²) in [6, 6.07) is 4.00. The van der Waals surface area contributed by atoms with Gasteiger partial charge in [0.05, 0.1) is 0 Å². The summed E-state index contributed by atoms with van der Waals surface area (Å²) in [6.07, 6.45) is 4.44. The molecule has 0 bridgehead atoms. The molecule has 10 nitrogen and oxygen atoms in total. The first kappa shape index (κ1) is 20.7. The van der Waals surface area contributed by atoms with E-state index >= 15 is 0 Å². The van der Waals surface area contributed by atoms with Crippen molar-refractivity contribution in [2.24, 2.45) is 0 Å². The first-order valence-electron chi connectivity index (χ1n) is 9.65. The number of rotatable bonds is 6. The van der Waals surface area contributed by atoms with Gasteiger partial charge in [0, 0.05) is 54.6 Å². The van der Waals surface area contributed by atoms with Crippen LogP contribution >= 0.6 is 11.5 Å². The first-order valence-corrected chi connectivity index (χ1v) is 12.3. The minimum atomic E-state index is -3.32. The van der Waals surface area contributed by atoms with E-state index in [2.05, 4.69) is 34.7 Å². The van der Waals surface area contributed by atoms with Crippen LogP contribution in [0.25, 0.3) is 11.4 Å². The molecule has 0 radical (unpaired) electrons. The molecule has 1 saturated heterocycles. The van der Waals surface area contributed by atoms with Crippen LogP contribution in [0.1, 0.15) is 38.4 Å². The summed E-state index contributed by atoms with van der Waals surface area (Å²) < 4.78 is 32.8. The van der Waals surface area contributed by atoms with Gasteiger partial charge in [-0.15, -0.1) is 0 Å². The van der Waals surface area contributed by atoms with Crippen LogP contribution in [0.2, 0.25) is 0 Å². The van der Waals surface area contributed by atoms with Gasteiger partial charge < -0.3 is 14.7 Å². The van der Waals surface area contributed by atoms with E-state index in [4.69, 9.17) is 4.52 Å². The van der Waals surface area contributed by atoms with E-state index in [1.807, 2.05) is 13.8 Å². The molecular formula is C18H23N7O3S2. The Kier molecular flexibility index (Phi) is 5.69. The Labute approximate surface area is 178 Å². The summed E-state index contributed by atoms with van der Waals surface area (Å²) in [5.74, 6) is 1.50. The standard InChI is InChI=1S/C18H23N7O3S2/c1-11(2)15-22-18(28-23-15)25-8-6-13(7-9-25)20-17-21-16(24-29-17)12-4-5-14(19-10-12)30(3,26)27/h4-5,10-11,13H,6-9H2,1-3H3,(H,20,21,24). The quantitative estimate of drug-likeness (QED) is 0.600. The highest BCUT2D eigenvalue weighted by molar-refractivity contribution is 7.90. The maximum atomic E-state index is 11.5. The maximum Gasteiger partial charge on any atom is 0.324 e. The highest BCUT2D eigenvalue weighted by Gasteiger charge is 2.24. The van der Waals surface area contributed by atoms with Gasteiger partial charge in [-0.3, -0.25) is 0 Å². The summed E-state index contributed by atoms with van der Waals surface area (Å²) in [6.45, 7) is 5.72. The van der Waals surface area contributed by atoms with E-state index in [1.165, 1.54) is 23.8 Å². The predicted octanol–water partition coefficient (Wildman–Crippen LogP) is 2.59. The Morgan fingerprint density at radius 2 is 2.00 bits per heavy atom. The lowest BCUT2D eigenvalue weighted by Gasteiger charge is -2.30. The molecule has 1 N–H and O–H groups in total. The largest absolute Gasteiger partial charge is 0.357 e. The summed E-state index contributed by atoms with van der Waals surface area (Å²) in [5, 5.41) is 8.23. The molecule has 0 amide bonds. The number of anilines is 2. The van der Waals surface area contributed by atoms with E-state index in [-0.39, 0.29) is 17.0 Å². The van der Waals surface area contributed by atoms with Crippen LogP contribution in [0.5, 0.6) is 0 Å². The normalized spacial score (nSPS) is 15.7. The number of pyridine rings is 1. The van der Waals surface area contributed by atoms with Crippen molar-refractivity contribution in [3.8, 4) is 11.4 Å². The van der Waals surface area contributed by atoms with Gasteiger partial charge >= 0.3 is 6.01 Å². The van der Waals surface area contributed by atoms with Crippen LogP contribution in [0.15, 0.2) is 27.9 Å². The van der Waals surface area contributed by atoms with Gasteiger partial charge in [-0.1, -0.05) is 19.0 Å². The van der Waals surface area contributed by atoms with Gasteiger partial charge in [-0.05, 0) is 25.0 Å². The fourth-order valence-corrected chi connectivity index (χ4v) is 4.34. The molecule has 1 fully saturated rings. The number of nitrogens with zero attached hydrogens (tertiary/aromatic N) is 6. The third-order valence-corrected chi connectivity index (χ3v) is 6.49. The molecule has 0 saturated carbocycles. The Hall–Kier alpha value is -2.60. The summed E-state index contributed by atoms with van der Waals surface area (Å²) in [5.41, 5.74) is 0.680. The Morgan fingerprint density at radius 3 is 2.60 bits per heavy atom. The molecule has 3 aromatic heterocycles. The topological polar surface area (TPSA) is 127 Å². The van der Waals surface area contributed by atoms with Crippen molar-refractivity contribution in [2.75, 3.05) is 29.6 Å². The lowest BCUT2D eigenvalue weighted by atomic mass is 10.1. The van der Waals surface area contributed by atoms with Crippen LogP contribution in [-0.2, 0) is 9.84 Å². The van der Waals surface area contributed by atoms with Crippen molar-refractivity contribution in [3.63, 3.8) is 0 Å². The molecule has 4 rings (SSSR count). The molecule has 30 heavy (non-hydrogen) atoms. The molecule has 12 heteroatoms. The molecule has 3 aromatic rings. The van der Waals surface area contributed by atoms with E-state index in [1.54, 1.807) is 6.07 Å². The van der Waals surface area contributed by atoms with Gasteiger partial charge in [0.25, 0.3) is 0 Å². The molecule has 160 valence electrons. The number of nitrogens with one attached hydrogen (secondary N) is 1. The second-order valence-corrected chi connectivity index (χ2v) is 10.3. The van der Waals surface area contributed by atoms with Gasteiger partial charge in [-0.2, -0.15) is 14.3 Å². The average molecular weight is 450 g/mol. The molecule has 4 heterocycles. The minimum Gasteiger partial charge on any atom is -0.357 e. The summed E-state index contributed by atoms with van der Waals surface area (Å²) in [7, 11) is -3.32.